The number of aldehydes is 1. The molecule has 0 aliphatic carbocycles. The highest BCUT2D eigenvalue weighted by molar-refractivity contribution is 7.17. The fourth-order valence-corrected chi connectivity index (χ4v) is 6.02. The Bertz CT molecular complexity index is 1340. The Hall–Kier alpha value is -3.06. The largest absolute Gasteiger partial charge is 0.354 e. The summed E-state index contributed by atoms with van der Waals surface area (Å²) in [7, 11) is 0. The monoisotopic (exact) mass is 471 g/mol. The van der Waals surface area contributed by atoms with Crippen molar-refractivity contribution in [2.75, 3.05) is 31.1 Å². The van der Waals surface area contributed by atoms with Crippen molar-refractivity contribution in [2.24, 2.45) is 0 Å². The van der Waals surface area contributed by atoms with E-state index in [1.54, 1.807) is 11.3 Å². The molecule has 0 unspecified atom stereocenters. The van der Waals surface area contributed by atoms with Crippen molar-refractivity contribution in [1.82, 2.24) is 9.88 Å². The maximum absolute atomic E-state index is 10.5. The van der Waals surface area contributed by atoms with Gasteiger partial charge in [0.25, 0.3) is 0 Å². The molecule has 0 bridgehead atoms. The van der Waals surface area contributed by atoms with Crippen LogP contribution in [0.2, 0.25) is 0 Å². The summed E-state index contributed by atoms with van der Waals surface area (Å²) in [6.07, 6.45) is 2.78. The number of carbonyl (C=O) groups is 1. The van der Waals surface area contributed by atoms with Crippen molar-refractivity contribution in [3.05, 3.63) is 94.8 Å². The first-order chi connectivity index (χ1) is 16.3. The van der Waals surface area contributed by atoms with Crippen molar-refractivity contribution in [2.45, 2.75) is 6.54 Å². The molecule has 6 heteroatoms. The topological polar surface area (TPSA) is 36.4 Å². The number of carbonyl (C=O) groups excluding carboxylic acids is 1. The van der Waals surface area contributed by atoms with Gasteiger partial charge in [0, 0.05) is 64.7 Å². The number of anilines is 1. The van der Waals surface area contributed by atoms with Gasteiger partial charge in [-0.1, -0.05) is 42.5 Å². The minimum Gasteiger partial charge on any atom is -0.354 e. The van der Waals surface area contributed by atoms with Crippen LogP contribution >= 0.6 is 22.7 Å². The van der Waals surface area contributed by atoms with Gasteiger partial charge < -0.3 is 4.90 Å². The van der Waals surface area contributed by atoms with Crippen LogP contribution in [-0.4, -0.2) is 42.3 Å². The SMILES string of the molecule is O=Cc1csc2ccccc12.c1ccc(N2CCN(Cc3csc4ccccc34)CC2)nc1. The molecule has 0 spiro atoms. The van der Waals surface area contributed by atoms with E-state index in [0.717, 1.165) is 55.8 Å². The normalized spacial score (nSPS) is 14.2. The number of pyridine rings is 1. The molecule has 4 nitrogen and oxygen atoms in total. The number of fused-ring (bicyclic) bond motifs is 2. The summed E-state index contributed by atoms with van der Waals surface area (Å²) in [4.78, 5) is 19.9. The van der Waals surface area contributed by atoms with E-state index >= 15 is 0 Å². The van der Waals surface area contributed by atoms with E-state index in [1.165, 1.54) is 20.3 Å². The Kier molecular flexibility index (Phi) is 6.76. The lowest BCUT2D eigenvalue weighted by Crippen LogP contribution is -2.46. The van der Waals surface area contributed by atoms with Crippen LogP contribution in [0.15, 0.2) is 83.7 Å². The first-order valence-electron chi connectivity index (χ1n) is 11.1. The predicted molar refractivity (Wildman–Crippen MR) is 141 cm³/mol. The van der Waals surface area contributed by atoms with E-state index in [9.17, 15) is 4.79 Å². The fraction of sp³-hybridized carbons (Fsp3) is 0.185. The molecule has 3 aromatic heterocycles. The highest BCUT2D eigenvalue weighted by Crippen LogP contribution is 2.27. The molecule has 4 heterocycles. The lowest BCUT2D eigenvalue weighted by Gasteiger charge is -2.35. The highest BCUT2D eigenvalue weighted by atomic mass is 32.1. The number of hydrogen-bond donors (Lipinski definition) is 0. The van der Waals surface area contributed by atoms with Gasteiger partial charge in [-0.3, -0.25) is 9.69 Å². The zero-order valence-corrected chi connectivity index (χ0v) is 19.9. The molecule has 0 N–H and O–H groups in total. The summed E-state index contributed by atoms with van der Waals surface area (Å²) in [5.41, 5.74) is 2.26. The molecule has 0 amide bonds. The van der Waals surface area contributed by atoms with Gasteiger partial charge in [0.2, 0.25) is 0 Å². The second-order valence-electron chi connectivity index (χ2n) is 8.01. The van der Waals surface area contributed by atoms with Crippen LogP contribution in [0.25, 0.3) is 20.2 Å². The zero-order chi connectivity index (χ0) is 22.5. The van der Waals surface area contributed by atoms with Crippen LogP contribution in [0.1, 0.15) is 15.9 Å². The molecule has 6 rings (SSSR count). The third-order valence-corrected chi connectivity index (χ3v) is 7.93. The molecule has 1 fully saturated rings. The summed E-state index contributed by atoms with van der Waals surface area (Å²) < 4.78 is 2.57. The molecular formula is C27H25N3OS2. The highest BCUT2D eigenvalue weighted by Gasteiger charge is 2.18. The summed E-state index contributed by atoms with van der Waals surface area (Å²) in [5.74, 6) is 1.10. The summed E-state index contributed by atoms with van der Waals surface area (Å²) in [6, 6.07) is 22.8. The number of hydrogen-bond acceptors (Lipinski definition) is 6. The summed E-state index contributed by atoms with van der Waals surface area (Å²) in [5, 5.41) is 6.68. The van der Waals surface area contributed by atoms with Crippen LogP contribution in [-0.2, 0) is 6.54 Å². The molecule has 1 aliphatic rings. The van der Waals surface area contributed by atoms with E-state index in [-0.39, 0.29) is 0 Å². The number of aromatic nitrogens is 1. The van der Waals surface area contributed by atoms with Gasteiger partial charge >= 0.3 is 0 Å². The van der Waals surface area contributed by atoms with E-state index in [1.807, 2.05) is 53.2 Å². The third kappa shape index (κ3) is 4.98. The second-order valence-corrected chi connectivity index (χ2v) is 9.84. The van der Waals surface area contributed by atoms with Crippen LogP contribution in [0, 0.1) is 0 Å². The minimum atomic E-state index is 0.797. The van der Waals surface area contributed by atoms with Gasteiger partial charge in [-0.15, -0.1) is 22.7 Å². The number of thiophene rings is 2. The lowest BCUT2D eigenvalue weighted by molar-refractivity contribution is 0.112. The second kappa shape index (κ2) is 10.3. The molecular weight excluding hydrogens is 446 g/mol. The van der Waals surface area contributed by atoms with Gasteiger partial charge in [0.15, 0.2) is 6.29 Å². The summed E-state index contributed by atoms with van der Waals surface area (Å²) in [6.45, 7) is 5.36. The van der Waals surface area contributed by atoms with Gasteiger partial charge in [0.1, 0.15) is 5.82 Å². The van der Waals surface area contributed by atoms with E-state index in [0.29, 0.717) is 0 Å². The molecule has 1 aliphatic heterocycles. The standard InChI is InChI=1S/C18H19N3S.C9H6OS/c1-2-6-17-16(5-1)15(14-22-17)13-20-9-11-21(12-10-20)18-7-3-4-8-19-18;10-5-7-6-11-9-4-2-1-3-8(7)9/h1-8,14H,9-13H2;1-6H. The van der Waals surface area contributed by atoms with Crippen molar-refractivity contribution >= 4 is 54.9 Å². The van der Waals surface area contributed by atoms with Crippen LogP contribution in [0.3, 0.4) is 0 Å². The van der Waals surface area contributed by atoms with Crippen LogP contribution < -0.4 is 4.90 Å². The Morgan fingerprint density at radius 2 is 1.45 bits per heavy atom. The average Bonchev–Trinajstić information content (AvgIpc) is 3.50. The quantitative estimate of drug-likeness (QED) is 0.287. The summed E-state index contributed by atoms with van der Waals surface area (Å²) >= 11 is 3.46. The molecule has 5 aromatic rings. The number of benzene rings is 2. The third-order valence-electron chi connectivity index (χ3n) is 5.94. The minimum absolute atomic E-state index is 0.797. The molecule has 0 radical (unpaired) electrons. The Morgan fingerprint density at radius 3 is 2.18 bits per heavy atom. The molecule has 33 heavy (non-hydrogen) atoms. The van der Waals surface area contributed by atoms with Crippen molar-refractivity contribution < 1.29 is 4.79 Å². The van der Waals surface area contributed by atoms with E-state index in [4.69, 9.17) is 0 Å². The Labute approximate surface area is 201 Å². The van der Waals surface area contributed by atoms with Gasteiger partial charge in [-0.05, 0) is 40.6 Å². The first-order valence-corrected chi connectivity index (χ1v) is 12.8. The number of rotatable bonds is 4. The molecule has 0 saturated carbocycles. The van der Waals surface area contributed by atoms with Gasteiger partial charge in [-0.25, -0.2) is 4.98 Å². The maximum atomic E-state index is 10.5. The molecule has 2 aromatic carbocycles. The Balaban J connectivity index is 0.000000174. The molecule has 166 valence electrons. The lowest BCUT2D eigenvalue weighted by atomic mass is 10.1. The Morgan fingerprint density at radius 1 is 0.788 bits per heavy atom. The molecule has 0 atom stereocenters. The van der Waals surface area contributed by atoms with Gasteiger partial charge in [-0.2, -0.15) is 0 Å². The molecule has 1 saturated heterocycles. The van der Waals surface area contributed by atoms with E-state index in [2.05, 4.69) is 56.6 Å². The van der Waals surface area contributed by atoms with Crippen molar-refractivity contribution in [3.8, 4) is 0 Å². The van der Waals surface area contributed by atoms with Crippen LogP contribution in [0.5, 0.6) is 0 Å². The van der Waals surface area contributed by atoms with Gasteiger partial charge in [0.05, 0.1) is 0 Å². The maximum Gasteiger partial charge on any atom is 0.151 e. The smallest absolute Gasteiger partial charge is 0.151 e. The predicted octanol–water partition coefficient (Wildman–Crippen LogP) is 6.33. The van der Waals surface area contributed by atoms with E-state index < -0.39 is 0 Å². The number of piperazine rings is 1. The fourth-order valence-electron chi connectivity index (χ4n) is 4.16. The van der Waals surface area contributed by atoms with Crippen molar-refractivity contribution in [3.63, 3.8) is 0 Å². The van der Waals surface area contributed by atoms with Crippen LogP contribution in [0.4, 0.5) is 5.82 Å². The number of nitrogens with zero attached hydrogens (tertiary/aromatic N) is 3. The average molecular weight is 472 g/mol. The first kappa shape index (κ1) is 21.8. The van der Waals surface area contributed by atoms with Crippen molar-refractivity contribution in [1.29, 1.82) is 0 Å². The zero-order valence-electron chi connectivity index (χ0n) is 18.3.